The normalized spacial score (nSPS) is 10.6. The smallest absolute Gasteiger partial charge is 0.224 e. The second-order valence-corrected chi connectivity index (χ2v) is 4.71. The van der Waals surface area contributed by atoms with Gasteiger partial charge in [-0.15, -0.1) is 0 Å². The lowest BCUT2D eigenvalue weighted by Crippen LogP contribution is -2.13. The second-order valence-electron chi connectivity index (χ2n) is 4.27. The number of thiocarbonyl (C=S) groups is 1. The number of nitrogens with two attached hydrogens (primary N) is 1. The van der Waals surface area contributed by atoms with E-state index in [1.807, 2.05) is 36.4 Å². The van der Waals surface area contributed by atoms with Crippen molar-refractivity contribution in [3.8, 4) is 5.88 Å². The number of benzene rings is 1. The maximum absolute atomic E-state index is 5.74. The lowest BCUT2D eigenvalue weighted by Gasteiger charge is -2.10. The number of para-hydroxylation sites is 1. The van der Waals surface area contributed by atoms with Gasteiger partial charge in [-0.2, -0.15) is 0 Å². The molecule has 20 heavy (non-hydrogen) atoms. The van der Waals surface area contributed by atoms with Gasteiger partial charge in [0.25, 0.3) is 0 Å². The Morgan fingerprint density at radius 3 is 2.85 bits per heavy atom. The molecule has 0 amide bonds. The maximum Gasteiger partial charge on any atom is 0.224 e. The van der Waals surface area contributed by atoms with Crippen LogP contribution in [0.2, 0.25) is 0 Å². The van der Waals surface area contributed by atoms with Crippen molar-refractivity contribution < 1.29 is 9.15 Å². The molecule has 0 spiro atoms. The highest BCUT2D eigenvalue weighted by Gasteiger charge is 2.11. The van der Waals surface area contributed by atoms with Crippen LogP contribution in [0.5, 0.6) is 5.88 Å². The number of fused-ring (bicyclic) bond motifs is 1. The number of hydrogen-bond acceptors (Lipinski definition) is 4. The van der Waals surface area contributed by atoms with Gasteiger partial charge in [-0.3, -0.25) is 0 Å². The standard InChI is InChI=1S/C15H12N2O2S/c16-14(20)12-8-10-4-1-2-6-13(10)17-15(12)19-9-11-5-3-7-18-11/h1-8H,9H2,(H2,16,20). The van der Waals surface area contributed by atoms with Gasteiger partial charge in [-0.05, 0) is 24.3 Å². The molecule has 3 aromatic rings. The van der Waals surface area contributed by atoms with Gasteiger partial charge in [0.1, 0.15) is 17.4 Å². The van der Waals surface area contributed by atoms with E-state index in [0.29, 0.717) is 17.2 Å². The first kappa shape index (κ1) is 12.6. The van der Waals surface area contributed by atoms with Crippen LogP contribution in [-0.4, -0.2) is 9.97 Å². The fraction of sp³-hybridized carbons (Fsp3) is 0.0667. The molecule has 100 valence electrons. The first-order chi connectivity index (χ1) is 9.74. The van der Waals surface area contributed by atoms with Crippen molar-refractivity contribution in [1.29, 1.82) is 0 Å². The van der Waals surface area contributed by atoms with Gasteiger partial charge in [0.2, 0.25) is 5.88 Å². The fourth-order valence-electron chi connectivity index (χ4n) is 1.92. The van der Waals surface area contributed by atoms with Crippen LogP contribution in [0, 0.1) is 0 Å². The summed E-state index contributed by atoms with van der Waals surface area (Å²) in [6.45, 7) is 0.286. The Morgan fingerprint density at radius 1 is 1.25 bits per heavy atom. The molecule has 0 bridgehead atoms. The Hall–Kier alpha value is -2.40. The molecule has 2 N–H and O–H groups in total. The van der Waals surface area contributed by atoms with E-state index in [1.165, 1.54) is 0 Å². The zero-order valence-electron chi connectivity index (χ0n) is 10.6. The van der Waals surface area contributed by atoms with E-state index in [4.69, 9.17) is 27.1 Å². The second kappa shape index (κ2) is 5.30. The molecule has 3 rings (SSSR count). The summed E-state index contributed by atoms with van der Waals surface area (Å²) in [5, 5.41) is 0.973. The minimum absolute atomic E-state index is 0.262. The number of hydrogen-bond donors (Lipinski definition) is 1. The molecule has 5 heteroatoms. The molecule has 0 saturated heterocycles. The minimum atomic E-state index is 0.262. The quantitative estimate of drug-likeness (QED) is 0.746. The van der Waals surface area contributed by atoms with E-state index >= 15 is 0 Å². The zero-order valence-corrected chi connectivity index (χ0v) is 11.4. The summed E-state index contributed by atoms with van der Waals surface area (Å²) < 4.78 is 10.9. The van der Waals surface area contributed by atoms with Gasteiger partial charge in [0.05, 0.1) is 17.3 Å². The highest BCUT2D eigenvalue weighted by Crippen LogP contribution is 2.23. The SMILES string of the molecule is NC(=S)c1cc2ccccc2nc1OCc1ccco1. The van der Waals surface area contributed by atoms with Crippen LogP contribution in [0.25, 0.3) is 10.9 Å². The van der Waals surface area contributed by atoms with Crippen LogP contribution in [0.15, 0.2) is 53.1 Å². The molecular formula is C15H12N2O2S. The first-order valence-corrected chi connectivity index (χ1v) is 6.49. The van der Waals surface area contributed by atoms with Crippen molar-refractivity contribution >= 4 is 28.1 Å². The summed E-state index contributed by atoms with van der Waals surface area (Å²) in [5.74, 6) is 1.14. The minimum Gasteiger partial charge on any atom is -0.469 e. The molecule has 0 fully saturated rings. The number of furan rings is 1. The van der Waals surface area contributed by atoms with Crippen LogP contribution in [0.1, 0.15) is 11.3 Å². The van der Waals surface area contributed by atoms with Crippen molar-refractivity contribution in [2.24, 2.45) is 5.73 Å². The van der Waals surface area contributed by atoms with Gasteiger partial charge in [-0.1, -0.05) is 30.4 Å². The predicted octanol–water partition coefficient (Wildman–Crippen LogP) is 3.04. The Morgan fingerprint density at radius 2 is 2.10 bits per heavy atom. The Balaban J connectivity index is 1.98. The van der Waals surface area contributed by atoms with Crippen molar-refractivity contribution in [2.45, 2.75) is 6.61 Å². The molecule has 4 nitrogen and oxygen atoms in total. The van der Waals surface area contributed by atoms with Gasteiger partial charge >= 0.3 is 0 Å². The molecule has 0 unspecified atom stereocenters. The molecule has 0 aliphatic heterocycles. The molecular weight excluding hydrogens is 272 g/mol. The maximum atomic E-state index is 5.74. The molecule has 0 atom stereocenters. The topological polar surface area (TPSA) is 61.3 Å². The van der Waals surface area contributed by atoms with Gasteiger partial charge in [-0.25, -0.2) is 4.98 Å². The number of aromatic nitrogens is 1. The third-order valence-corrected chi connectivity index (χ3v) is 3.11. The summed E-state index contributed by atoms with van der Waals surface area (Å²) in [6.07, 6.45) is 1.60. The van der Waals surface area contributed by atoms with Gasteiger partial charge in [0.15, 0.2) is 0 Å². The van der Waals surface area contributed by atoms with Gasteiger partial charge < -0.3 is 14.9 Å². The Kier molecular flexibility index (Phi) is 3.35. The average molecular weight is 284 g/mol. The van der Waals surface area contributed by atoms with Crippen LogP contribution >= 0.6 is 12.2 Å². The molecule has 0 saturated carbocycles. The van der Waals surface area contributed by atoms with Crippen molar-refractivity contribution in [3.05, 3.63) is 60.1 Å². The lowest BCUT2D eigenvalue weighted by atomic mass is 10.1. The highest BCUT2D eigenvalue weighted by molar-refractivity contribution is 7.80. The number of pyridine rings is 1. The van der Waals surface area contributed by atoms with E-state index in [9.17, 15) is 0 Å². The first-order valence-electron chi connectivity index (χ1n) is 6.09. The molecule has 2 heterocycles. The predicted molar refractivity (Wildman–Crippen MR) is 80.7 cm³/mol. The van der Waals surface area contributed by atoms with Crippen molar-refractivity contribution in [2.75, 3.05) is 0 Å². The molecule has 2 aromatic heterocycles. The number of nitrogens with zero attached hydrogens (tertiary/aromatic N) is 1. The van der Waals surface area contributed by atoms with E-state index in [2.05, 4.69) is 4.98 Å². The Labute approximate surface area is 121 Å². The van der Waals surface area contributed by atoms with E-state index < -0.39 is 0 Å². The summed E-state index contributed by atoms with van der Waals surface area (Å²) >= 11 is 5.06. The largest absolute Gasteiger partial charge is 0.469 e. The summed E-state index contributed by atoms with van der Waals surface area (Å²) in [4.78, 5) is 4.73. The summed E-state index contributed by atoms with van der Waals surface area (Å²) in [7, 11) is 0. The van der Waals surface area contributed by atoms with Gasteiger partial charge in [0, 0.05) is 5.39 Å². The van der Waals surface area contributed by atoms with E-state index in [1.54, 1.807) is 12.3 Å². The third-order valence-electron chi connectivity index (χ3n) is 2.89. The van der Waals surface area contributed by atoms with E-state index in [-0.39, 0.29) is 11.6 Å². The van der Waals surface area contributed by atoms with Crippen molar-refractivity contribution in [1.82, 2.24) is 4.98 Å². The fourth-order valence-corrected chi connectivity index (χ4v) is 2.07. The molecule has 0 aliphatic rings. The molecule has 0 radical (unpaired) electrons. The average Bonchev–Trinajstić information content (AvgIpc) is 2.97. The third kappa shape index (κ3) is 2.48. The van der Waals surface area contributed by atoms with E-state index in [0.717, 1.165) is 10.9 Å². The Bertz CT molecular complexity index is 754. The van der Waals surface area contributed by atoms with Crippen LogP contribution in [0.3, 0.4) is 0 Å². The summed E-state index contributed by atoms with van der Waals surface area (Å²) in [5.41, 5.74) is 7.21. The highest BCUT2D eigenvalue weighted by atomic mass is 32.1. The lowest BCUT2D eigenvalue weighted by molar-refractivity contribution is 0.261. The molecule has 1 aromatic carbocycles. The molecule has 0 aliphatic carbocycles. The van der Waals surface area contributed by atoms with Crippen molar-refractivity contribution in [3.63, 3.8) is 0 Å². The number of rotatable bonds is 4. The van der Waals surface area contributed by atoms with Crippen LogP contribution in [0.4, 0.5) is 0 Å². The summed E-state index contributed by atoms with van der Waals surface area (Å²) in [6, 6.07) is 13.3. The monoisotopic (exact) mass is 284 g/mol. The van der Waals surface area contributed by atoms with Crippen LogP contribution < -0.4 is 10.5 Å². The zero-order chi connectivity index (χ0) is 13.9. The van der Waals surface area contributed by atoms with Crippen LogP contribution in [-0.2, 0) is 6.61 Å². The number of ether oxygens (including phenoxy) is 1.